The maximum atomic E-state index is 3.69. The van der Waals surface area contributed by atoms with Gasteiger partial charge in [-0.3, -0.25) is 0 Å². The molecule has 86 valence electrons. The Kier molecular flexibility index (Phi) is 3.85. The van der Waals surface area contributed by atoms with Gasteiger partial charge in [0.15, 0.2) is 0 Å². The Balaban J connectivity index is 1.53. The Bertz CT molecular complexity index is 223. The molecular weight excluding hydrogens is 182 g/mol. The van der Waals surface area contributed by atoms with Crippen molar-refractivity contribution in [3.63, 3.8) is 0 Å². The number of nitrogens with one attached hydrogen (secondary N) is 1. The lowest BCUT2D eigenvalue weighted by atomic mass is 9.73. The predicted molar refractivity (Wildman–Crippen MR) is 65.9 cm³/mol. The summed E-state index contributed by atoms with van der Waals surface area (Å²) in [6, 6.07) is 0.833. The average molecular weight is 207 g/mol. The highest BCUT2D eigenvalue weighted by Gasteiger charge is 2.30. The molecule has 0 aromatic rings. The maximum absolute atomic E-state index is 3.69. The molecule has 15 heavy (non-hydrogen) atoms. The van der Waals surface area contributed by atoms with Gasteiger partial charge < -0.3 is 5.32 Å². The second-order valence-corrected chi connectivity index (χ2v) is 5.63. The smallest absolute Gasteiger partial charge is 0.00726 e. The lowest BCUT2D eigenvalue weighted by Gasteiger charge is -2.38. The van der Waals surface area contributed by atoms with Crippen molar-refractivity contribution < 1.29 is 0 Å². The zero-order chi connectivity index (χ0) is 10.7. The Morgan fingerprint density at radius 2 is 2.20 bits per heavy atom. The van der Waals surface area contributed by atoms with Crippen molar-refractivity contribution in [2.24, 2.45) is 11.8 Å². The van der Waals surface area contributed by atoms with Crippen molar-refractivity contribution in [1.29, 1.82) is 0 Å². The van der Waals surface area contributed by atoms with Crippen molar-refractivity contribution >= 4 is 0 Å². The van der Waals surface area contributed by atoms with E-state index in [1.54, 1.807) is 5.57 Å². The largest absolute Gasteiger partial charge is 0.314 e. The van der Waals surface area contributed by atoms with Gasteiger partial charge in [-0.1, -0.05) is 25.5 Å². The van der Waals surface area contributed by atoms with E-state index >= 15 is 0 Å². The van der Waals surface area contributed by atoms with Gasteiger partial charge in [-0.15, -0.1) is 0 Å². The van der Waals surface area contributed by atoms with Crippen LogP contribution in [0.2, 0.25) is 0 Å². The molecule has 1 fully saturated rings. The highest BCUT2D eigenvalue weighted by molar-refractivity contribution is 5.07. The molecule has 0 spiro atoms. The monoisotopic (exact) mass is 207 g/mol. The Labute approximate surface area is 94.3 Å². The second-order valence-electron chi connectivity index (χ2n) is 5.63. The topological polar surface area (TPSA) is 12.0 Å². The predicted octanol–water partition coefficient (Wildman–Crippen LogP) is 3.51. The molecule has 0 atom stereocenters. The van der Waals surface area contributed by atoms with E-state index in [1.807, 2.05) is 0 Å². The lowest BCUT2D eigenvalue weighted by Crippen LogP contribution is -2.43. The molecule has 0 bridgehead atoms. The van der Waals surface area contributed by atoms with Crippen LogP contribution in [0.15, 0.2) is 11.6 Å². The van der Waals surface area contributed by atoms with E-state index in [2.05, 4.69) is 25.2 Å². The summed E-state index contributed by atoms with van der Waals surface area (Å²) < 4.78 is 0. The Morgan fingerprint density at radius 3 is 2.80 bits per heavy atom. The number of hydrogen-bond donors (Lipinski definition) is 1. The summed E-state index contributed by atoms with van der Waals surface area (Å²) in [5, 5.41) is 3.69. The van der Waals surface area contributed by atoms with Crippen molar-refractivity contribution in [2.45, 2.75) is 58.4 Å². The molecule has 0 radical (unpaired) electrons. The molecule has 2 aliphatic carbocycles. The standard InChI is InChI=1S/C14H25N/c1-11(2)13-9-14(10-13)15-8-7-12-5-3-4-6-12/h5,11,13-15H,3-4,6-10H2,1-2H3. The van der Waals surface area contributed by atoms with E-state index in [1.165, 1.54) is 45.1 Å². The van der Waals surface area contributed by atoms with E-state index in [-0.39, 0.29) is 0 Å². The van der Waals surface area contributed by atoms with Gasteiger partial charge in [-0.2, -0.15) is 0 Å². The highest BCUT2D eigenvalue weighted by atomic mass is 14.9. The van der Waals surface area contributed by atoms with E-state index < -0.39 is 0 Å². The van der Waals surface area contributed by atoms with E-state index in [0.717, 1.165) is 17.9 Å². The van der Waals surface area contributed by atoms with E-state index in [0.29, 0.717) is 0 Å². The fourth-order valence-electron chi connectivity index (χ4n) is 2.77. The molecule has 0 amide bonds. The number of hydrogen-bond acceptors (Lipinski definition) is 1. The fourth-order valence-corrected chi connectivity index (χ4v) is 2.77. The van der Waals surface area contributed by atoms with Crippen LogP contribution >= 0.6 is 0 Å². The van der Waals surface area contributed by atoms with Gasteiger partial charge in [0.25, 0.3) is 0 Å². The number of allylic oxidation sites excluding steroid dienone is 1. The van der Waals surface area contributed by atoms with Gasteiger partial charge in [-0.25, -0.2) is 0 Å². The Hall–Kier alpha value is -0.300. The lowest BCUT2D eigenvalue weighted by molar-refractivity contribution is 0.169. The molecule has 0 saturated heterocycles. The van der Waals surface area contributed by atoms with Crippen molar-refractivity contribution in [3.8, 4) is 0 Å². The zero-order valence-corrected chi connectivity index (χ0v) is 10.3. The summed E-state index contributed by atoms with van der Waals surface area (Å²) in [6.07, 6.45) is 10.7. The molecule has 1 saturated carbocycles. The molecular formula is C14H25N. The van der Waals surface area contributed by atoms with Crippen LogP contribution in [0.5, 0.6) is 0 Å². The summed E-state index contributed by atoms with van der Waals surface area (Å²) in [5.74, 6) is 1.88. The summed E-state index contributed by atoms with van der Waals surface area (Å²) in [7, 11) is 0. The van der Waals surface area contributed by atoms with Crippen molar-refractivity contribution in [1.82, 2.24) is 5.32 Å². The summed E-state index contributed by atoms with van der Waals surface area (Å²) >= 11 is 0. The third-order valence-corrected chi connectivity index (χ3v) is 4.13. The molecule has 2 aliphatic rings. The van der Waals surface area contributed by atoms with Crippen LogP contribution in [0.1, 0.15) is 52.4 Å². The van der Waals surface area contributed by atoms with Gasteiger partial charge in [0.2, 0.25) is 0 Å². The first-order chi connectivity index (χ1) is 7.25. The first-order valence-corrected chi connectivity index (χ1v) is 6.67. The van der Waals surface area contributed by atoms with Crippen molar-refractivity contribution in [2.75, 3.05) is 6.54 Å². The summed E-state index contributed by atoms with van der Waals surface area (Å²) in [4.78, 5) is 0. The van der Waals surface area contributed by atoms with Gasteiger partial charge >= 0.3 is 0 Å². The minimum Gasteiger partial charge on any atom is -0.314 e. The van der Waals surface area contributed by atoms with Gasteiger partial charge in [0.05, 0.1) is 0 Å². The molecule has 1 N–H and O–H groups in total. The minimum absolute atomic E-state index is 0.833. The fraction of sp³-hybridized carbons (Fsp3) is 0.857. The van der Waals surface area contributed by atoms with Crippen LogP contribution in [-0.4, -0.2) is 12.6 Å². The van der Waals surface area contributed by atoms with Crippen LogP contribution in [0.3, 0.4) is 0 Å². The molecule has 0 aliphatic heterocycles. The van der Waals surface area contributed by atoms with Gasteiger partial charge in [-0.05, 0) is 56.9 Å². The van der Waals surface area contributed by atoms with Gasteiger partial charge in [0, 0.05) is 6.04 Å². The molecule has 2 rings (SSSR count). The quantitative estimate of drug-likeness (QED) is 0.680. The maximum Gasteiger partial charge on any atom is 0.00726 e. The minimum atomic E-state index is 0.833. The molecule has 0 aromatic carbocycles. The first-order valence-electron chi connectivity index (χ1n) is 6.67. The number of rotatable bonds is 5. The Morgan fingerprint density at radius 1 is 1.40 bits per heavy atom. The molecule has 0 aromatic heterocycles. The third kappa shape index (κ3) is 3.07. The first kappa shape index (κ1) is 11.2. The van der Waals surface area contributed by atoms with E-state index in [9.17, 15) is 0 Å². The van der Waals surface area contributed by atoms with Gasteiger partial charge in [0.1, 0.15) is 0 Å². The SMILES string of the molecule is CC(C)C1CC(NCCC2=CCCC2)C1. The summed E-state index contributed by atoms with van der Waals surface area (Å²) in [6.45, 7) is 5.91. The third-order valence-electron chi connectivity index (χ3n) is 4.13. The molecule has 0 unspecified atom stereocenters. The van der Waals surface area contributed by atoms with Crippen LogP contribution in [0.25, 0.3) is 0 Å². The van der Waals surface area contributed by atoms with Crippen LogP contribution in [0.4, 0.5) is 0 Å². The molecule has 0 heterocycles. The normalized spacial score (nSPS) is 30.5. The van der Waals surface area contributed by atoms with Crippen LogP contribution in [-0.2, 0) is 0 Å². The summed E-state index contributed by atoms with van der Waals surface area (Å²) in [5.41, 5.74) is 1.70. The van der Waals surface area contributed by atoms with Crippen molar-refractivity contribution in [3.05, 3.63) is 11.6 Å². The second kappa shape index (κ2) is 5.16. The zero-order valence-electron chi connectivity index (χ0n) is 10.3. The van der Waals surface area contributed by atoms with Crippen LogP contribution in [0, 0.1) is 11.8 Å². The molecule has 1 heteroatoms. The highest BCUT2D eigenvalue weighted by Crippen LogP contribution is 2.33. The van der Waals surface area contributed by atoms with Crippen LogP contribution < -0.4 is 5.32 Å². The van der Waals surface area contributed by atoms with E-state index in [4.69, 9.17) is 0 Å². The molecule has 1 nitrogen and oxygen atoms in total. The average Bonchev–Trinajstić information content (AvgIpc) is 2.60.